The number of hydrogen-bond acceptors (Lipinski definition) is 5. The minimum atomic E-state index is -0.465. The van der Waals surface area contributed by atoms with Gasteiger partial charge in [-0.1, -0.05) is 6.07 Å². The van der Waals surface area contributed by atoms with Crippen LogP contribution in [0.25, 0.3) is 0 Å². The van der Waals surface area contributed by atoms with Gasteiger partial charge in [-0.2, -0.15) is 0 Å². The minimum Gasteiger partial charge on any atom is -0.497 e. The fourth-order valence-electron chi connectivity index (χ4n) is 1.94. The van der Waals surface area contributed by atoms with Gasteiger partial charge in [0.05, 0.1) is 14.2 Å². The lowest BCUT2D eigenvalue weighted by atomic mass is 10.2. The zero-order valence-corrected chi connectivity index (χ0v) is 14.7. The van der Waals surface area contributed by atoms with E-state index in [1.807, 2.05) is 39.0 Å². The number of amides is 1. The normalized spacial score (nSPS) is 11.0. The molecule has 0 spiro atoms. The summed E-state index contributed by atoms with van der Waals surface area (Å²) < 4.78 is 15.7. The summed E-state index contributed by atoms with van der Waals surface area (Å²) in [6, 6.07) is 5.74. The van der Waals surface area contributed by atoms with Crippen LogP contribution in [-0.2, 0) is 11.3 Å². The first-order valence-electron chi connectivity index (χ1n) is 7.74. The van der Waals surface area contributed by atoms with Crippen molar-refractivity contribution < 1.29 is 19.0 Å². The Balaban J connectivity index is 2.24. The molecule has 0 aliphatic carbocycles. The third-order valence-corrected chi connectivity index (χ3v) is 3.01. The first kappa shape index (κ1) is 19.1. The Hall–Kier alpha value is -1.95. The van der Waals surface area contributed by atoms with E-state index in [1.54, 1.807) is 14.2 Å². The molecule has 0 atom stereocenters. The summed E-state index contributed by atoms with van der Waals surface area (Å²) in [6.07, 6.45) is 0.437. The molecule has 6 nitrogen and oxygen atoms in total. The van der Waals surface area contributed by atoms with Gasteiger partial charge >= 0.3 is 6.09 Å². The molecule has 6 heteroatoms. The van der Waals surface area contributed by atoms with E-state index in [-0.39, 0.29) is 6.09 Å². The number of ether oxygens (including phenoxy) is 3. The van der Waals surface area contributed by atoms with Gasteiger partial charge in [-0.15, -0.1) is 0 Å². The Kier molecular flexibility index (Phi) is 7.68. The molecule has 0 radical (unpaired) electrons. The maximum absolute atomic E-state index is 11.5. The molecular weight excluding hydrogens is 296 g/mol. The Labute approximate surface area is 138 Å². The van der Waals surface area contributed by atoms with E-state index >= 15 is 0 Å². The lowest BCUT2D eigenvalue weighted by molar-refractivity contribution is 0.0527. The van der Waals surface area contributed by atoms with E-state index < -0.39 is 5.60 Å². The molecule has 0 aromatic heterocycles. The van der Waals surface area contributed by atoms with Crippen molar-refractivity contribution in [1.29, 1.82) is 0 Å². The molecule has 1 amide bonds. The second-order valence-electron chi connectivity index (χ2n) is 6.14. The average Bonchev–Trinajstić information content (AvgIpc) is 2.49. The van der Waals surface area contributed by atoms with E-state index in [1.165, 1.54) is 0 Å². The highest BCUT2D eigenvalue weighted by Gasteiger charge is 2.15. The summed E-state index contributed by atoms with van der Waals surface area (Å²) in [5, 5.41) is 6.06. The predicted octanol–water partition coefficient (Wildman–Crippen LogP) is 2.71. The summed E-state index contributed by atoms with van der Waals surface area (Å²) in [5.41, 5.74) is 0.598. The predicted molar refractivity (Wildman–Crippen MR) is 90.1 cm³/mol. The molecule has 1 aromatic carbocycles. The van der Waals surface area contributed by atoms with Gasteiger partial charge in [0.1, 0.15) is 17.1 Å². The quantitative estimate of drug-likeness (QED) is 0.720. The third-order valence-electron chi connectivity index (χ3n) is 3.01. The van der Waals surface area contributed by atoms with Gasteiger partial charge in [0, 0.05) is 24.7 Å². The van der Waals surface area contributed by atoms with Crippen molar-refractivity contribution in [3.8, 4) is 11.5 Å². The number of nitrogens with one attached hydrogen (secondary N) is 2. The number of methoxy groups -OCH3 is 2. The van der Waals surface area contributed by atoms with Crippen LogP contribution in [0, 0.1) is 0 Å². The third kappa shape index (κ3) is 7.74. The Bertz CT molecular complexity index is 498. The summed E-state index contributed by atoms with van der Waals surface area (Å²) in [5.74, 6) is 1.57. The topological polar surface area (TPSA) is 68.8 Å². The molecule has 0 aliphatic rings. The monoisotopic (exact) mass is 324 g/mol. The fraction of sp³-hybridized carbons (Fsp3) is 0.588. The zero-order chi connectivity index (χ0) is 17.3. The second kappa shape index (κ2) is 9.25. The molecule has 1 aromatic rings. The fourth-order valence-corrected chi connectivity index (χ4v) is 1.94. The van der Waals surface area contributed by atoms with Gasteiger partial charge in [-0.25, -0.2) is 4.79 Å². The Morgan fingerprint density at radius 1 is 1.13 bits per heavy atom. The lowest BCUT2D eigenvalue weighted by Crippen LogP contribution is -2.33. The maximum Gasteiger partial charge on any atom is 0.407 e. The second-order valence-corrected chi connectivity index (χ2v) is 6.14. The number of benzene rings is 1. The van der Waals surface area contributed by atoms with Crippen LogP contribution in [0.15, 0.2) is 18.2 Å². The molecule has 23 heavy (non-hydrogen) atoms. The van der Waals surface area contributed by atoms with Gasteiger partial charge in [-0.3, -0.25) is 0 Å². The highest BCUT2D eigenvalue weighted by Crippen LogP contribution is 2.24. The SMILES string of the molecule is COc1ccc(CNCCCNC(=O)OC(C)(C)C)c(OC)c1. The maximum atomic E-state index is 11.5. The summed E-state index contributed by atoms with van der Waals surface area (Å²) in [4.78, 5) is 11.5. The highest BCUT2D eigenvalue weighted by molar-refractivity contribution is 5.67. The number of hydrogen-bond donors (Lipinski definition) is 2. The number of rotatable bonds is 8. The molecule has 0 unspecified atom stereocenters. The summed E-state index contributed by atoms with van der Waals surface area (Å²) in [7, 11) is 3.27. The van der Waals surface area contributed by atoms with Gasteiger partial charge in [0.15, 0.2) is 0 Å². The van der Waals surface area contributed by atoms with Crippen LogP contribution >= 0.6 is 0 Å². The molecular formula is C17H28N2O4. The average molecular weight is 324 g/mol. The Morgan fingerprint density at radius 2 is 1.87 bits per heavy atom. The molecule has 1 rings (SSSR count). The number of alkyl carbamates (subject to hydrolysis) is 1. The van der Waals surface area contributed by atoms with Crippen molar-refractivity contribution in [2.75, 3.05) is 27.3 Å². The van der Waals surface area contributed by atoms with Crippen molar-refractivity contribution in [3.63, 3.8) is 0 Å². The molecule has 0 bridgehead atoms. The highest BCUT2D eigenvalue weighted by atomic mass is 16.6. The van der Waals surface area contributed by atoms with E-state index in [4.69, 9.17) is 14.2 Å². The van der Waals surface area contributed by atoms with Crippen LogP contribution in [0.2, 0.25) is 0 Å². The smallest absolute Gasteiger partial charge is 0.407 e. The van der Waals surface area contributed by atoms with Crippen LogP contribution in [0.4, 0.5) is 4.79 Å². The van der Waals surface area contributed by atoms with E-state index in [0.29, 0.717) is 13.1 Å². The van der Waals surface area contributed by atoms with Crippen LogP contribution in [-0.4, -0.2) is 39.0 Å². The van der Waals surface area contributed by atoms with Crippen molar-refractivity contribution >= 4 is 6.09 Å². The van der Waals surface area contributed by atoms with Crippen molar-refractivity contribution in [2.24, 2.45) is 0 Å². The molecule has 0 saturated heterocycles. The molecule has 130 valence electrons. The van der Waals surface area contributed by atoms with Gasteiger partial charge in [0.25, 0.3) is 0 Å². The standard InChI is InChI=1S/C17H28N2O4/c1-17(2,3)23-16(20)19-10-6-9-18-12-13-7-8-14(21-4)11-15(13)22-5/h7-8,11,18H,6,9-10,12H2,1-5H3,(H,19,20). The molecule has 0 heterocycles. The Morgan fingerprint density at radius 3 is 2.48 bits per heavy atom. The van der Waals surface area contributed by atoms with Crippen molar-refractivity contribution in [3.05, 3.63) is 23.8 Å². The van der Waals surface area contributed by atoms with Crippen LogP contribution in [0.5, 0.6) is 11.5 Å². The minimum absolute atomic E-state index is 0.380. The summed E-state index contributed by atoms with van der Waals surface area (Å²) >= 11 is 0. The van der Waals surface area contributed by atoms with E-state index in [9.17, 15) is 4.79 Å². The lowest BCUT2D eigenvalue weighted by Gasteiger charge is -2.19. The number of carbonyl (C=O) groups excluding carboxylic acids is 1. The van der Waals surface area contributed by atoms with E-state index in [2.05, 4.69) is 10.6 Å². The molecule has 0 aliphatic heterocycles. The first-order valence-corrected chi connectivity index (χ1v) is 7.74. The first-order chi connectivity index (χ1) is 10.9. The molecule has 2 N–H and O–H groups in total. The van der Waals surface area contributed by atoms with Crippen molar-refractivity contribution in [2.45, 2.75) is 39.3 Å². The van der Waals surface area contributed by atoms with Crippen LogP contribution in [0.1, 0.15) is 32.8 Å². The number of carbonyl (C=O) groups is 1. The van der Waals surface area contributed by atoms with Gasteiger partial charge in [-0.05, 0) is 39.8 Å². The van der Waals surface area contributed by atoms with Crippen LogP contribution in [0.3, 0.4) is 0 Å². The van der Waals surface area contributed by atoms with E-state index in [0.717, 1.165) is 30.0 Å². The largest absolute Gasteiger partial charge is 0.497 e. The molecule has 0 fully saturated rings. The molecule has 0 saturated carbocycles. The van der Waals surface area contributed by atoms with Gasteiger partial charge < -0.3 is 24.8 Å². The van der Waals surface area contributed by atoms with Crippen LogP contribution < -0.4 is 20.1 Å². The zero-order valence-electron chi connectivity index (χ0n) is 14.7. The summed E-state index contributed by atoms with van der Waals surface area (Å²) in [6.45, 7) is 7.58. The van der Waals surface area contributed by atoms with Crippen molar-refractivity contribution in [1.82, 2.24) is 10.6 Å². The van der Waals surface area contributed by atoms with Gasteiger partial charge in [0.2, 0.25) is 0 Å².